The van der Waals surface area contributed by atoms with E-state index in [0.29, 0.717) is 50.2 Å². The number of aryl methyl sites for hydroxylation is 1. The summed E-state index contributed by atoms with van der Waals surface area (Å²) in [6.07, 6.45) is 3.54. The van der Waals surface area contributed by atoms with Crippen molar-refractivity contribution in [1.29, 1.82) is 0 Å². The van der Waals surface area contributed by atoms with Gasteiger partial charge >= 0.3 is 0 Å². The molecule has 10 heteroatoms. The summed E-state index contributed by atoms with van der Waals surface area (Å²) in [5, 5.41) is 6.16. The Morgan fingerprint density at radius 1 is 1.13 bits per heavy atom. The van der Waals surface area contributed by atoms with Crippen LogP contribution >= 0.6 is 0 Å². The van der Waals surface area contributed by atoms with Crippen molar-refractivity contribution >= 4 is 15.9 Å². The number of rotatable bonds is 7. The van der Waals surface area contributed by atoms with Crippen LogP contribution in [0, 0.1) is 12.7 Å². The standard InChI is InChI=1S/C29H34FN3O5S/c1-20-8-11-27(22-6-4-3-5-7-22)39(35,36)33(20)18-23-9-10-25(16-26(23)30)29(12-14-37-15-13-29)28(34)31-17-24-19-38-32-21(24)2/h3-7,9-10,16,19-20,27H,8,11-15,17-18H2,1-2H3,(H,31,34)/t20-,27+/m0/s1. The summed E-state index contributed by atoms with van der Waals surface area (Å²) in [6.45, 7) is 4.62. The van der Waals surface area contributed by atoms with Gasteiger partial charge in [0, 0.05) is 43.5 Å². The van der Waals surface area contributed by atoms with Crippen LogP contribution in [0.15, 0.2) is 59.3 Å². The molecule has 39 heavy (non-hydrogen) atoms. The molecule has 1 aromatic heterocycles. The van der Waals surface area contributed by atoms with Crippen molar-refractivity contribution in [2.45, 2.75) is 69.3 Å². The first-order chi connectivity index (χ1) is 18.7. The Kier molecular flexibility index (Phi) is 7.89. The Bertz CT molecular complexity index is 1420. The largest absolute Gasteiger partial charge is 0.381 e. The van der Waals surface area contributed by atoms with E-state index in [0.717, 1.165) is 11.1 Å². The van der Waals surface area contributed by atoms with Gasteiger partial charge in [-0.1, -0.05) is 47.6 Å². The zero-order valence-corrected chi connectivity index (χ0v) is 23.0. The number of aromatic nitrogens is 1. The average molecular weight is 556 g/mol. The lowest BCUT2D eigenvalue weighted by atomic mass is 9.73. The SMILES string of the molecule is Cc1nocc1CNC(=O)C1(c2ccc(CN3[C@@H](C)CC[C@H](c4ccccc4)S3(=O)=O)c(F)c2)CCOCC1. The Hall–Kier alpha value is -3.08. The topological polar surface area (TPSA) is 102 Å². The molecule has 0 bridgehead atoms. The molecule has 208 valence electrons. The van der Waals surface area contributed by atoms with Gasteiger partial charge in [0.15, 0.2) is 0 Å². The number of halogens is 1. The summed E-state index contributed by atoms with van der Waals surface area (Å²) in [4.78, 5) is 13.5. The first-order valence-electron chi connectivity index (χ1n) is 13.3. The molecule has 0 spiro atoms. The molecule has 0 aliphatic carbocycles. The maximum absolute atomic E-state index is 15.6. The minimum absolute atomic E-state index is 0.0615. The molecule has 5 rings (SSSR count). The third-order valence-corrected chi connectivity index (χ3v) is 10.6. The summed E-state index contributed by atoms with van der Waals surface area (Å²) in [7, 11) is -3.70. The lowest BCUT2D eigenvalue weighted by Gasteiger charge is -2.38. The summed E-state index contributed by atoms with van der Waals surface area (Å²) in [5.41, 5.74) is 2.11. The second-order valence-electron chi connectivity index (χ2n) is 10.5. The number of ether oxygens (including phenoxy) is 1. The van der Waals surface area contributed by atoms with Gasteiger partial charge in [0.1, 0.15) is 17.3 Å². The molecule has 1 amide bonds. The molecule has 3 heterocycles. The molecule has 0 unspecified atom stereocenters. The van der Waals surface area contributed by atoms with Crippen LogP contribution in [0.3, 0.4) is 0 Å². The quantitative estimate of drug-likeness (QED) is 0.459. The van der Waals surface area contributed by atoms with Gasteiger partial charge < -0.3 is 14.6 Å². The molecule has 0 radical (unpaired) electrons. The fourth-order valence-electron chi connectivity index (χ4n) is 5.69. The van der Waals surface area contributed by atoms with E-state index in [1.807, 2.05) is 37.3 Å². The third kappa shape index (κ3) is 5.37. The molecule has 2 aromatic carbocycles. The van der Waals surface area contributed by atoms with E-state index in [2.05, 4.69) is 10.5 Å². The number of carbonyl (C=O) groups is 1. The highest BCUT2D eigenvalue weighted by Crippen LogP contribution is 2.39. The van der Waals surface area contributed by atoms with Crippen molar-refractivity contribution in [1.82, 2.24) is 14.8 Å². The van der Waals surface area contributed by atoms with Crippen molar-refractivity contribution in [2.24, 2.45) is 0 Å². The van der Waals surface area contributed by atoms with E-state index in [9.17, 15) is 13.2 Å². The molecule has 2 aliphatic rings. The van der Waals surface area contributed by atoms with E-state index in [1.165, 1.54) is 16.6 Å². The van der Waals surface area contributed by atoms with Crippen molar-refractivity contribution in [3.05, 3.63) is 88.6 Å². The molecule has 3 aromatic rings. The Morgan fingerprint density at radius 3 is 2.54 bits per heavy atom. The number of hydrogen-bond donors (Lipinski definition) is 1. The first-order valence-corrected chi connectivity index (χ1v) is 14.8. The number of amides is 1. The highest BCUT2D eigenvalue weighted by molar-refractivity contribution is 7.89. The normalized spacial score (nSPS) is 22.8. The summed E-state index contributed by atoms with van der Waals surface area (Å²) < 4.78 is 54.8. The van der Waals surface area contributed by atoms with Crippen LogP contribution in [0.2, 0.25) is 0 Å². The van der Waals surface area contributed by atoms with Gasteiger partial charge in [0.05, 0.1) is 11.1 Å². The number of nitrogens with zero attached hydrogens (tertiary/aromatic N) is 2. The van der Waals surface area contributed by atoms with Gasteiger partial charge in [0.25, 0.3) is 0 Å². The molecular formula is C29H34FN3O5S. The van der Waals surface area contributed by atoms with E-state index in [1.54, 1.807) is 19.1 Å². The summed E-state index contributed by atoms with van der Waals surface area (Å²) >= 11 is 0. The first kappa shape index (κ1) is 27.5. The monoisotopic (exact) mass is 555 g/mol. The van der Waals surface area contributed by atoms with Gasteiger partial charge in [0.2, 0.25) is 15.9 Å². The molecular weight excluding hydrogens is 521 g/mol. The van der Waals surface area contributed by atoms with Crippen molar-refractivity contribution in [3.8, 4) is 0 Å². The molecule has 2 aliphatic heterocycles. The highest BCUT2D eigenvalue weighted by Gasteiger charge is 2.43. The number of nitrogens with one attached hydrogen (secondary N) is 1. The molecule has 8 nitrogen and oxygen atoms in total. The Labute approximate surface area is 228 Å². The average Bonchev–Trinajstić information content (AvgIpc) is 3.35. The maximum atomic E-state index is 15.6. The lowest BCUT2D eigenvalue weighted by Crippen LogP contribution is -2.48. The van der Waals surface area contributed by atoms with Crippen LogP contribution in [0.5, 0.6) is 0 Å². The van der Waals surface area contributed by atoms with E-state index in [-0.39, 0.29) is 30.6 Å². The van der Waals surface area contributed by atoms with Gasteiger partial charge in [-0.2, -0.15) is 4.31 Å². The zero-order valence-electron chi connectivity index (χ0n) is 22.2. The van der Waals surface area contributed by atoms with E-state index < -0.39 is 26.5 Å². The maximum Gasteiger partial charge on any atom is 0.231 e. The van der Waals surface area contributed by atoms with E-state index in [4.69, 9.17) is 9.26 Å². The van der Waals surface area contributed by atoms with E-state index >= 15 is 4.39 Å². The minimum atomic E-state index is -3.70. The van der Waals surface area contributed by atoms with Crippen LogP contribution < -0.4 is 5.32 Å². The molecule has 2 saturated heterocycles. The van der Waals surface area contributed by atoms with Crippen LogP contribution in [0.1, 0.15) is 65.8 Å². The second-order valence-corrected chi connectivity index (χ2v) is 12.6. The predicted molar refractivity (Wildman–Crippen MR) is 144 cm³/mol. The van der Waals surface area contributed by atoms with Crippen molar-refractivity contribution < 1.29 is 26.9 Å². The van der Waals surface area contributed by atoms with Crippen LogP contribution in [-0.2, 0) is 38.1 Å². The molecule has 2 atom stereocenters. The van der Waals surface area contributed by atoms with Gasteiger partial charge in [-0.25, -0.2) is 12.8 Å². The summed E-state index contributed by atoms with van der Waals surface area (Å²) in [5.74, 6) is -0.734. The van der Waals surface area contributed by atoms with Crippen molar-refractivity contribution in [3.63, 3.8) is 0 Å². The fourth-order valence-corrected chi connectivity index (χ4v) is 7.87. The van der Waals surface area contributed by atoms with Gasteiger partial charge in [-0.3, -0.25) is 4.79 Å². The van der Waals surface area contributed by atoms with Gasteiger partial charge in [-0.05, 0) is 56.7 Å². The predicted octanol–water partition coefficient (Wildman–Crippen LogP) is 4.54. The van der Waals surface area contributed by atoms with Gasteiger partial charge in [-0.15, -0.1) is 0 Å². The molecule has 1 N–H and O–H groups in total. The Balaban J connectivity index is 1.39. The number of benzene rings is 2. The van der Waals surface area contributed by atoms with Crippen LogP contribution in [0.25, 0.3) is 0 Å². The lowest BCUT2D eigenvalue weighted by molar-refractivity contribution is -0.130. The fraction of sp³-hybridized carbons (Fsp3) is 0.448. The number of hydrogen-bond acceptors (Lipinski definition) is 6. The Morgan fingerprint density at radius 2 is 1.87 bits per heavy atom. The smallest absolute Gasteiger partial charge is 0.231 e. The minimum Gasteiger partial charge on any atom is -0.381 e. The second kappa shape index (κ2) is 11.2. The number of carbonyl (C=O) groups excluding carboxylic acids is 1. The van der Waals surface area contributed by atoms with Crippen LogP contribution in [-0.4, -0.2) is 43.0 Å². The highest BCUT2D eigenvalue weighted by atomic mass is 32.2. The number of sulfonamides is 1. The van der Waals surface area contributed by atoms with Crippen molar-refractivity contribution in [2.75, 3.05) is 13.2 Å². The summed E-state index contributed by atoms with van der Waals surface area (Å²) in [6, 6.07) is 13.7. The third-order valence-electron chi connectivity index (χ3n) is 8.20. The zero-order chi connectivity index (χ0) is 27.6. The molecule has 2 fully saturated rings. The van der Waals surface area contributed by atoms with Crippen LogP contribution in [0.4, 0.5) is 4.39 Å². The molecule has 0 saturated carbocycles.